The Bertz CT molecular complexity index is 1210. The average molecular weight is 378 g/mol. The Kier molecular flexibility index (Phi) is 4.11. The Morgan fingerprint density at radius 1 is 1.14 bits per heavy atom. The molecule has 0 unspecified atom stereocenters. The number of benzene rings is 2. The highest BCUT2D eigenvalue weighted by Crippen LogP contribution is 2.21. The molecule has 4 aromatic rings. The molecule has 0 spiro atoms. The Hall–Kier alpha value is -4.01. The lowest BCUT2D eigenvalue weighted by molar-refractivity contribution is 0.0994. The van der Waals surface area contributed by atoms with E-state index < -0.39 is 11.8 Å². The van der Waals surface area contributed by atoms with Crippen LogP contribution in [0, 0.1) is 12.7 Å². The van der Waals surface area contributed by atoms with E-state index in [1.807, 2.05) is 0 Å². The van der Waals surface area contributed by atoms with Gasteiger partial charge in [0.25, 0.3) is 11.8 Å². The highest BCUT2D eigenvalue weighted by Gasteiger charge is 2.16. The zero-order chi connectivity index (χ0) is 19.8. The molecule has 2 aromatic carbocycles. The van der Waals surface area contributed by atoms with Crippen LogP contribution in [0.5, 0.6) is 0 Å². The van der Waals surface area contributed by atoms with E-state index in [0.717, 1.165) is 5.69 Å². The van der Waals surface area contributed by atoms with E-state index in [0.29, 0.717) is 22.3 Å². The van der Waals surface area contributed by atoms with Crippen LogP contribution in [0.1, 0.15) is 26.7 Å². The lowest BCUT2D eigenvalue weighted by Gasteiger charge is -2.04. The van der Waals surface area contributed by atoms with Gasteiger partial charge in [0.1, 0.15) is 5.82 Å². The Labute approximate surface area is 158 Å². The number of H-pyrrole nitrogens is 1. The monoisotopic (exact) mass is 378 g/mol. The second-order valence-electron chi connectivity index (χ2n) is 6.21. The zero-order valence-electron chi connectivity index (χ0n) is 14.7. The minimum atomic E-state index is -0.664. The van der Waals surface area contributed by atoms with E-state index in [1.54, 1.807) is 48.0 Å². The number of anilines is 1. The predicted molar refractivity (Wildman–Crippen MR) is 101 cm³/mol. The molecule has 0 bridgehead atoms. The molecule has 0 aliphatic heterocycles. The molecule has 2 amide bonds. The van der Waals surface area contributed by atoms with Gasteiger partial charge in [0, 0.05) is 16.8 Å². The van der Waals surface area contributed by atoms with Crippen molar-refractivity contribution in [3.05, 3.63) is 71.4 Å². The van der Waals surface area contributed by atoms with Crippen molar-refractivity contribution in [3.8, 4) is 5.69 Å². The molecule has 4 N–H and O–H groups in total. The molecule has 0 radical (unpaired) electrons. The molecule has 0 fully saturated rings. The number of hydrogen-bond donors (Lipinski definition) is 3. The van der Waals surface area contributed by atoms with Crippen molar-refractivity contribution in [2.75, 3.05) is 5.32 Å². The smallest absolute Gasteiger partial charge is 0.276 e. The van der Waals surface area contributed by atoms with E-state index in [9.17, 15) is 14.0 Å². The summed E-state index contributed by atoms with van der Waals surface area (Å²) >= 11 is 0. The van der Waals surface area contributed by atoms with Crippen LogP contribution in [-0.2, 0) is 0 Å². The maximum absolute atomic E-state index is 13.1. The minimum absolute atomic E-state index is 0.0996. The van der Waals surface area contributed by atoms with Crippen molar-refractivity contribution in [2.24, 2.45) is 5.73 Å². The first-order valence-corrected chi connectivity index (χ1v) is 8.34. The van der Waals surface area contributed by atoms with Crippen LogP contribution in [0.25, 0.3) is 16.6 Å². The number of aromatic amines is 1. The Morgan fingerprint density at radius 3 is 2.61 bits per heavy atom. The molecule has 2 heterocycles. The summed E-state index contributed by atoms with van der Waals surface area (Å²) in [6.07, 6.45) is 0. The Balaban J connectivity index is 1.61. The number of aryl methyl sites for hydroxylation is 1. The third kappa shape index (κ3) is 3.09. The van der Waals surface area contributed by atoms with E-state index in [-0.39, 0.29) is 17.2 Å². The lowest BCUT2D eigenvalue weighted by atomic mass is 10.2. The number of hydrogen-bond acceptors (Lipinski definition) is 4. The summed E-state index contributed by atoms with van der Waals surface area (Å²) in [5.74, 6) is -1.44. The van der Waals surface area contributed by atoms with Gasteiger partial charge in [-0.05, 0) is 55.5 Å². The lowest BCUT2D eigenvalue weighted by Crippen LogP contribution is -2.14. The molecule has 8 nitrogen and oxygen atoms in total. The molecule has 4 rings (SSSR count). The number of fused-ring (bicyclic) bond motifs is 1. The molecule has 28 heavy (non-hydrogen) atoms. The summed E-state index contributed by atoms with van der Waals surface area (Å²) in [7, 11) is 0. The van der Waals surface area contributed by atoms with Gasteiger partial charge in [-0.2, -0.15) is 10.2 Å². The molecule has 0 saturated heterocycles. The maximum Gasteiger partial charge on any atom is 0.276 e. The van der Waals surface area contributed by atoms with Crippen LogP contribution in [0.4, 0.5) is 10.1 Å². The van der Waals surface area contributed by atoms with Crippen molar-refractivity contribution in [1.29, 1.82) is 0 Å². The van der Waals surface area contributed by atoms with Gasteiger partial charge >= 0.3 is 0 Å². The van der Waals surface area contributed by atoms with Crippen molar-refractivity contribution in [3.63, 3.8) is 0 Å². The number of carbonyl (C=O) groups excluding carboxylic acids is 2. The number of primary amides is 1. The average Bonchev–Trinajstić information content (AvgIpc) is 3.26. The largest absolute Gasteiger partial charge is 0.364 e. The number of carbonyl (C=O) groups is 2. The summed E-state index contributed by atoms with van der Waals surface area (Å²) in [5, 5.41) is 14.1. The van der Waals surface area contributed by atoms with Crippen molar-refractivity contribution in [2.45, 2.75) is 6.92 Å². The molecular weight excluding hydrogens is 363 g/mol. The van der Waals surface area contributed by atoms with Crippen molar-refractivity contribution < 1.29 is 14.0 Å². The minimum Gasteiger partial charge on any atom is -0.364 e. The molecule has 2 aromatic heterocycles. The number of nitrogens with one attached hydrogen (secondary N) is 2. The molecule has 140 valence electrons. The Morgan fingerprint density at radius 2 is 1.89 bits per heavy atom. The highest BCUT2D eigenvalue weighted by atomic mass is 19.1. The summed E-state index contributed by atoms with van der Waals surface area (Å²) in [6, 6.07) is 12.4. The second kappa shape index (κ2) is 6.62. The quantitative estimate of drug-likeness (QED) is 0.506. The van der Waals surface area contributed by atoms with E-state index in [2.05, 4.69) is 20.6 Å². The first-order valence-electron chi connectivity index (χ1n) is 8.34. The van der Waals surface area contributed by atoms with Crippen LogP contribution in [-0.4, -0.2) is 31.8 Å². The third-order valence-corrected chi connectivity index (χ3v) is 4.25. The van der Waals surface area contributed by atoms with Crippen LogP contribution < -0.4 is 11.1 Å². The highest BCUT2D eigenvalue weighted by molar-refractivity contribution is 6.07. The number of halogens is 1. The fourth-order valence-corrected chi connectivity index (χ4v) is 2.90. The van der Waals surface area contributed by atoms with Gasteiger partial charge in [-0.3, -0.25) is 14.7 Å². The van der Waals surface area contributed by atoms with Gasteiger partial charge in [0.2, 0.25) is 0 Å². The van der Waals surface area contributed by atoms with Crippen molar-refractivity contribution in [1.82, 2.24) is 20.0 Å². The van der Waals surface area contributed by atoms with Gasteiger partial charge in [-0.25, -0.2) is 9.07 Å². The van der Waals surface area contributed by atoms with Gasteiger partial charge in [0.05, 0.1) is 11.2 Å². The number of rotatable bonds is 4. The summed E-state index contributed by atoms with van der Waals surface area (Å²) < 4.78 is 14.7. The third-order valence-electron chi connectivity index (χ3n) is 4.25. The predicted octanol–water partition coefficient (Wildman–Crippen LogP) is 2.55. The fourth-order valence-electron chi connectivity index (χ4n) is 2.90. The van der Waals surface area contributed by atoms with Gasteiger partial charge < -0.3 is 11.1 Å². The number of amides is 2. The fraction of sp³-hybridized carbons (Fsp3) is 0.0526. The first-order chi connectivity index (χ1) is 13.4. The van der Waals surface area contributed by atoms with Gasteiger partial charge in [0.15, 0.2) is 11.4 Å². The normalized spacial score (nSPS) is 10.9. The number of nitrogens with zero attached hydrogens (tertiary/aromatic N) is 3. The summed E-state index contributed by atoms with van der Waals surface area (Å²) in [6.45, 7) is 1.80. The zero-order valence-corrected chi connectivity index (χ0v) is 14.7. The van der Waals surface area contributed by atoms with Crippen LogP contribution in [0.3, 0.4) is 0 Å². The SMILES string of the molecule is Cc1cc(C(=O)Nc2ccc3[nH]nc(C(N)=O)c3c2)nn1-c1ccc(F)cc1. The maximum atomic E-state index is 13.1. The number of aromatic nitrogens is 4. The van der Waals surface area contributed by atoms with Crippen LogP contribution in [0.15, 0.2) is 48.5 Å². The molecule has 0 saturated carbocycles. The van der Waals surface area contributed by atoms with Gasteiger partial charge in [-0.15, -0.1) is 0 Å². The van der Waals surface area contributed by atoms with E-state index in [4.69, 9.17) is 5.73 Å². The molecule has 0 aliphatic rings. The summed E-state index contributed by atoms with van der Waals surface area (Å²) in [4.78, 5) is 24.0. The first kappa shape index (κ1) is 17.4. The van der Waals surface area contributed by atoms with Crippen molar-refractivity contribution >= 4 is 28.4 Å². The molecule has 0 aliphatic carbocycles. The topological polar surface area (TPSA) is 119 Å². The molecule has 0 atom stereocenters. The van der Waals surface area contributed by atoms with E-state index in [1.165, 1.54) is 12.1 Å². The standard InChI is InChI=1S/C19H15FN6O2/c1-10-8-16(25-26(10)13-5-2-11(20)3-6-13)19(28)22-12-4-7-15-14(9-12)17(18(21)27)24-23-15/h2-9H,1H3,(H2,21,27)(H,22,28)(H,23,24). The van der Waals surface area contributed by atoms with Gasteiger partial charge in [-0.1, -0.05) is 0 Å². The molecule has 9 heteroatoms. The summed E-state index contributed by atoms with van der Waals surface area (Å²) in [5.41, 5.74) is 8.06. The van der Waals surface area contributed by atoms with Crippen LogP contribution in [0.2, 0.25) is 0 Å². The van der Waals surface area contributed by atoms with E-state index >= 15 is 0 Å². The van der Waals surface area contributed by atoms with Crippen LogP contribution >= 0.6 is 0 Å². The molecular formula is C19H15FN6O2. The second-order valence-corrected chi connectivity index (χ2v) is 6.21. The number of nitrogens with two attached hydrogens (primary N) is 1.